The molecule has 0 spiro atoms. The van der Waals surface area contributed by atoms with Gasteiger partial charge in [0.25, 0.3) is 0 Å². The van der Waals surface area contributed by atoms with Gasteiger partial charge in [-0.2, -0.15) is 9.57 Å². The number of carbonyl (C=O) groups is 1. The molecule has 2 aliphatic rings. The number of nitrogens with one attached hydrogen (secondary N) is 1. The van der Waals surface area contributed by atoms with Gasteiger partial charge in [0.15, 0.2) is 0 Å². The molecular formula is C21H29N3O3S. The topological polar surface area (TPSA) is 90.3 Å². The molecule has 1 aliphatic heterocycles. The molecule has 0 aromatic heterocycles. The highest BCUT2D eigenvalue weighted by molar-refractivity contribution is 7.89. The second-order valence-electron chi connectivity index (χ2n) is 7.94. The van der Waals surface area contributed by atoms with Gasteiger partial charge in [-0.1, -0.05) is 32.1 Å². The van der Waals surface area contributed by atoms with Gasteiger partial charge >= 0.3 is 0 Å². The van der Waals surface area contributed by atoms with Crippen molar-refractivity contribution in [2.75, 3.05) is 19.6 Å². The van der Waals surface area contributed by atoms with Crippen LogP contribution < -0.4 is 5.32 Å². The Hall–Kier alpha value is -1.91. The first-order valence-electron chi connectivity index (χ1n) is 10.3. The molecule has 7 heteroatoms. The molecule has 1 aromatic rings. The highest BCUT2D eigenvalue weighted by atomic mass is 32.2. The van der Waals surface area contributed by atoms with E-state index in [4.69, 9.17) is 5.26 Å². The summed E-state index contributed by atoms with van der Waals surface area (Å²) >= 11 is 0. The monoisotopic (exact) mass is 403 g/mol. The van der Waals surface area contributed by atoms with Gasteiger partial charge < -0.3 is 5.32 Å². The number of nitrogens with zero attached hydrogens (tertiary/aromatic N) is 2. The second-order valence-corrected chi connectivity index (χ2v) is 9.88. The van der Waals surface area contributed by atoms with Crippen LogP contribution in [0.2, 0.25) is 0 Å². The van der Waals surface area contributed by atoms with Crippen LogP contribution in [0.3, 0.4) is 0 Å². The molecule has 3 rings (SSSR count). The maximum Gasteiger partial charge on any atom is 0.243 e. The Kier molecular flexibility index (Phi) is 7.08. The van der Waals surface area contributed by atoms with Crippen molar-refractivity contribution in [1.82, 2.24) is 9.62 Å². The van der Waals surface area contributed by atoms with Crippen LogP contribution >= 0.6 is 0 Å². The van der Waals surface area contributed by atoms with Crippen LogP contribution in [0, 0.1) is 23.2 Å². The van der Waals surface area contributed by atoms with E-state index in [-0.39, 0.29) is 22.6 Å². The summed E-state index contributed by atoms with van der Waals surface area (Å²) in [5.74, 6) is 0.390. The minimum absolute atomic E-state index is 0.111. The standard InChI is InChI=1S/C21H29N3O3S/c22-14-17-8-10-20(11-9-17)28(26,27)24-13-12-18(16-24)15-23-21(25)19-6-4-2-1-3-5-7-19/h8-11,18-19H,1-7,12-13,15-16H2,(H,23,25). The number of benzene rings is 1. The van der Waals surface area contributed by atoms with Crippen LogP contribution in [0.25, 0.3) is 0 Å². The van der Waals surface area contributed by atoms with E-state index in [0.29, 0.717) is 25.2 Å². The Balaban J connectivity index is 1.51. The summed E-state index contributed by atoms with van der Waals surface area (Å²) in [6.07, 6.45) is 8.64. The third-order valence-corrected chi connectivity index (χ3v) is 7.79. The predicted octanol–water partition coefficient (Wildman–Crippen LogP) is 3.05. The summed E-state index contributed by atoms with van der Waals surface area (Å²) in [6.45, 7) is 1.42. The Labute approximate surface area is 168 Å². The molecule has 28 heavy (non-hydrogen) atoms. The summed E-state index contributed by atoms with van der Waals surface area (Å²) in [5, 5.41) is 11.9. The average Bonchev–Trinajstić information content (AvgIpc) is 3.16. The SMILES string of the molecule is N#Cc1ccc(S(=O)(=O)N2CCC(CNC(=O)C3CCCCCCC3)C2)cc1. The van der Waals surface area contributed by atoms with E-state index in [9.17, 15) is 13.2 Å². The molecule has 6 nitrogen and oxygen atoms in total. The zero-order valence-electron chi connectivity index (χ0n) is 16.3. The molecular weight excluding hydrogens is 374 g/mol. The van der Waals surface area contributed by atoms with Gasteiger partial charge in [0.2, 0.25) is 15.9 Å². The summed E-state index contributed by atoms with van der Waals surface area (Å²) in [4.78, 5) is 12.7. The molecule has 1 heterocycles. The third kappa shape index (κ3) is 5.12. The van der Waals surface area contributed by atoms with E-state index in [1.807, 2.05) is 6.07 Å². The zero-order chi connectivity index (χ0) is 20.0. The zero-order valence-corrected chi connectivity index (χ0v) is 17.1. The first kappa shape index (κ1) is 20.8. The molecule has 152 valence electrons. The number of hydrogen-bond donors (Lipinski definition) is 1. The fourth-order valence-electron chi connectivity index (χ4n) is 4.14. The van der Waals surface area contributed by atoms with Crippen molar-refractivity contribution < 1.29 is 13.2 Å². The van der Waals surface area contributed by atoms with E-state index in [2.05, 4.69) is 5.32 Å². The number of nitriles is 1. The van der Waals surface area contributed by atoms with Gasteiger partial charge in [-0.15, -0.1) is 0 Å². The van der Waals surface area contributed by atoms with Gasteiger partial charge in [-0.05, 0) is 49.4 Å². The fraction of sp³-hybridized carbons (Fsp3) is 0.619. The first-order valence-corrected chi connectivity index (χ1v) is 11.7. The van der Waals surface area contributed by atoms with E-state index < -0.39 is 10.0 Å². The smallest absolute Gasteiger partial charge is 0.243 e. The van der Waals surface area contributed by atoms with E-state index >= 15 is 0 Å². The highest BCUT2D eigenvalue weighted by Gasteiger charge is 2.33. The van der Waals surface area contributed by atoms with E-state index in [0.717, 1.165) is 32.1 Å². The van der Waals surface area contributed by atoms with Crippen LogP contribution in [0.5, 0.6) is 0 Å². The van der Waals surface area contributed by atoms with Gasteiger partial charge in [0.1, 0.15) is 0 Å². The van der Waals surface area contributed by atoms with Gasteiger partial charge in [0, 0.05) is 25.6 Å². The van der Waals surface area contributed by atoms with Crippen LogP contribution in [-0.4, -0.2) is 38.3 Å². The maximum atomic E-state index is 12.8. The second kappa shape index (κ2) is 9.53. The lowest BCUT2D eigenvalue weighted by Crippen LogP contribution is -2.36. The van der Waals surface area contributed by atoms with Crippen molar-refractivity contribution in [3.63, 3.8) is 0 Å². The van der Waals surface area contributed by atoms with Crippen LogP contribution in [-0.2, 0) is 14.8 Å². The Morgan fingerprint density at radius 2 is 1.71 bits per heavy atom. The molecule has 1 amide bonds. The van der Waals surface area contributed by atoms with Crippen molar-refractivity contribution in [2.45, 2.75) is 56.3 Å². The molecule has 2 fully saturated rings. The number of amides is 1. The van der Waals surface area contributed by atoms with Crippen molar-refractivity contribution in [3.8, 4) is 6.07 Å². The fourth-order valence-corrected chi connectivity index (χ4v) is 5.67. The number of carbonyl (C=O) groups excluding carboxylic acids is 1. The molecule has 1 saturated heterocycles. The van der Waals surface area contributed by atoms with E-state index in [1.54, 1.807) is 0 Å². The Bertz CT molecular complexity index is 806. The van der Waals surface area contributed by atoms with E-state index in [1.165, 1.54) is 47.8 Å². The Morgan fingerprint density at radius 1 is 1.07 bits per heavy atom. The number of hydrogen-bond acceptors (Lipinski definition) is 4. The lowest BCUT2D eigenvalue weighted by molar-refractivity contribution is -0.125. The molecule has 1 N–H and O–H groups in total. The molecule has 1 atom stereocenters. The molecule has 0 radical (unpaired) electrons. The molecule has 1 unspecified atom stereocenters. The largest absolute Gasteiger partial charge is 0.356 e. The lowest BCUT2D eigenvalue weighted by Gasteiger charge is -2.20. The number of rotatable bonds is 5. The van der Waals surface area contributed by atoms with Gasteiger partial charge in [-0.25, -0.2) is 8.42 Å². The molecule has 1 aromatic carbocycles. The lowest BCUT2D eigenvalue weighted by atomic mass is 9.90. The van der Waals surface area contributed by atoms with Crippen LogP contribution in [0.1, 0.15) is 56.9 Å². The first-order chi connectivity index (χ1) is 13.5. The van der Waals surface area contributed by atoms with Crippen LogP contribution in [0.4, 0.5) is 0 Å². The summed E-state index contributed by atoms with van der Waals surface area (Å²) in [5.41, 5.74) is 0.440. The van der Waals surface area contributed by atoms with Gasteiger partial charge in [0.05, 0.1) is 16.5 Å². The number of sulfonamides is 1. The Morgan fingerprint density at radius 3 is 2.36 bits per heavy atom. The highest BCUT2D eigenvalue weighted by Crippen LogP contribution is 2.25. The summed E-state index contributed by atoms with van der Waals surface area (Å²) < 4.78 is 27.1. The van der Waals surface area contributed by atoms with Crippen molar-refractivity contribution in [3.05, 3.63) is 29.8 Å². The maximum absolute atomic E-state index is 12.8. The predicted molar refractivity (Wildman–Crippen MR) is 107 cm³/mol. The van der Waals surface area contributed by atoms with Crippen molar-refractivity contribution >= 4 is 15.9 Å². The average molecular weight is 404 g/mol. The minimum Gasteiger partial charge on any atom is -0.356 e. The molecule has 0 bridgehead atoms. The van der Waals surface area contributed by atoms with Gasteiger partial charge in [-0.3, -0.25) is 4.79 Å². The molecule has 1 saturated carbocycles. The van der Waals surface area contributed by atoms with Crippen molar-refractivity contribution in [2.24, 2.45) is 11.8 Å². The minimum atomic E-state index is -3.55. The van der Waals surface area contributed by atoms with Crippen LogP contribution in [0.15, 0.2) is 29.2 Å². The quantitative estimate of drug-likeness (QED) is 0.818. The molecule has 1 aliphatic carbocycles. The summed E-state index contributed by atoms with van der Waals surface area (Å²) in [6, 6.07) is 8.01. The van der Waals surface area contributed by atoms with Crippen molar-refractivity contribution in [1.29, 1.82) is 5.26 Å². The third-order valence-electron chi connectivity index (χ3n) is 5.91. The summed E-state index contributed by atoms with van der Waals surface area (Å²) in [7, 11) is -3.55. The normalized spacial score (nSPS) is 22.2.